The average molecular weight is 472 g/mol. The van der Waals surface area contributed by atoms with E-state index in [9.17, 15) is 23.8 Å². The van der Waals surface area contributed by atoms with E-state index in [1.165, 1.54) is 6.07 Å². The molecule has 0 fully saturated rings. The molecule has 2 aromatic carbocycles. The summed E-state index contributed by atoms with van der Waals surface area (Å²) in [5, 5.41) is 19.0. The Kier molecular flexibility index (Phi) is 8.14. The smallest absolute Gasteiger partial charge is 0.344 e. The molecule has 1 heterocycles. The molecule has 3 rings (SSSR count). The fraction of sp³-hybridized carbons (Fsp3) is 0.280. The number of aliphatic hydroxyl groups excluding tert-OH is 1. The van der Waals surface area contributed by atoms with E-state index in [2.05, 4.69) is 4.98 Å². The molecule has 180 valence electrons. The molecule has 1 atom stereocenters. The maximum Gasteiger partial charge on any atom is 0.344 e. The van der Waals surface area contributed by atoms with Gasteiger partial charge < -0.3 is 25.4 Å². The molecular formula is C25H26F2N2O5. The molecular weight excluding hydrogens is 446 g/mol. The Hall–Kier alpha value is -3.56. The SMILES string of the molecule is CC(C)CC(Oc1nc(Oc2cc(CO)cc(-c3cccc(CN)c3)c2)c(F)cc1F)C(=O)O. The number of carboxylic acids is 1. The van der Waals surface area contributed by atoms with Crippen molar-refractivity contribution in [1.29, 1.82) is 0 Å². The van der Waals surface area contributed by atoms with Gasteiger partial charge in [0.1, 0.15) is 5.75 Å². The Morgan fingerprint density at radius 3 is 2.38 bits per heavy atom. The number of nitrogens with two attached hydrogens (primary N) is 1. The lowest BCUT2D eigenvalue weighted by Crippen LogP contribution is -2.29. The topological polar surface area (TPSA) is 115 Å². The van der Waals surface area contributed by atoms with Gasteiger partial charge >= 0.3 is 5.97 Å². The first-order chi connectivity index (χ1) is 16.2. The lowest BCUT2D eigenvalue weighted by atomic mass is 10.0. The van der Waals surface area contributed by atoms with Crippen LogP contribution in [0.2, 0.25) is 0 Å². The monoisotopic (exact) mass is 472 g/mol. The summed E-state index contributed by atoms with van der Waals surface area (Å²) >= 11 is 0. The third kappa shape index (κ3) is 6.27. The predicted octanol–water partition coefficient (Wildman–Crippen LogP) is 4.65. The molecule has 1 unspecified atom stereocenters. The van der Waals surface area contributed by atoms with Crippen molar-refractivity contribution in [2.75, 3.05) is 0 Å². The number of rotatable bonds is 10. The van der Waals surface area contributed by atoms with Crippen LogP contribution in [0.15, 0.2) is 48.5 Å². The number of benzene rings is 2. The van der Waals surface area contributed by atoms with Gasteiger partial charge in [0, 0.05) is 12.6 Å². The van der Waals surface area contributed by atoms with Crippen molar-refractivity contribution >= 4 is 5.97 Å². The third-order valence-corrected chi connectivity index (χ3v) is 4.94. The van der Waals surface area contributed by atoms with Gasteiger partial charge in [-0.05, 0) is 58.9 Å². The highest BCUT2D eigenvalue weighted by atomic mass is 19.1. The number of nitrogens with zero attached hydrogens (tertiary/aromatic N) is 1. The highest BCUT2D eigenvalue weighted by Gasteiger charge is 2.25. The summed E-state index contributed by atoms with van der Waals surface area (Å²) in [6.45, 7) is 3.62. The average Bonchev–Trinajstić information content (AvgIpc) is 2.81. The minimum absolute atomic E-state index is 0.0438. The highest BCUT2D eigenvalue weighted by Crippen LogP contribution is 2.32. The molecule has 0 bridgehead atoms. The second-order valence-corrected chi connectivity index (χ2v) is 8.17. The van der Waals surface area contributed by atoms with Crippen LogP contribution in [0.1, 0.15) is 31.4 Å². The van der Waals surface area contributed by atoms with Crippen LogP contribution < -0.4 is 15.2 Å². The van der Waals surface area contributed by atoms with Gasteiger partial charge in [-0.15, -0.1) is 0 Å². The number of aliphatic hydroxyl groups is 1. The highest BCUT2D eigenvalue weighted by molar-refractivity contribution is 5.72. The normalized spacial score (nSPS) is 12.0. The van der Waals surface area contributed by atoms with E-state index >= 15 is 0 Å². The van der Waals surface area contributed by atoms with E-state index in [0.717, 1.165) is 11.1 Å². The van der Waals surface area contributed by atoms with Gasteiger partial charge in [0.15, 0.2) is 17.7 Å². The molecule has 4 N–H and O–H groups in total. The van der Waals surface area contributed by atoms with E-state index in [1.54, 1.807) is 26.0 Å². The molecule has 0 amide bonds. The van der Waals surface area contributed by atoms with E-state index in [0.29, 0.717) is 23.7 Å². The molecule has 0 aliphatic carbocycles. The van der Waals surface area contributed by atoms with Crippen LogP contribution in [0.25, 0.3) is 11.1 Å². The number of carboxylic acid groups (broad SMARTS) is 1. The largest absolute Gasteiger partial charge is 0.479 e. The van der Waals surface area contributed by atoms with Crippen LogP contribution in [0, 0.1) is 17.6 Å². The van der Waals surface area contributed by atoms with Crippen LogP contribution in [-0.4, -0.2) is 27.3 Å². The number of aromatic nitrogens is 1. The first kappa shape index (κ1) is 25.1. The Labute approximate surface area is 195 Å². The van der Waals surface area contributed by atoms with Crippen LogP contribution in [0.3, 0.4) is 0 Å². The van der Waals surface area contributed by atoms with Crippen molar-refractivity contribution in [3.05, 3.63) is 71.3 Å². The molecule has 7 nitrogen and oxygen atoms in total. The molecule has 0 aliphatic heterocycles. The Balaban J connectivity index is 1.95. The molecule has 1 aromatic heterocycles. The van der Waals surface area contributed by atoms with Gasteiger partial charge in [0.05, 0.1) is 6.61 Å². The third-order valence-electron chi connectivity index (χ3n) is 4.94. The van der Waals surface area contributed by atoms with Crippen molar-refractivity contribution in [2.24, 2.45) is 11.7 Å². The molecule has 0 aliphatic rings. The standard InChI is InChI=1S/C25H26F2N2O5/c1-14(2)6-22(25(31)32)34-24-21(27)11-20(26)23(29-24)33-19-9-16(13-30)8-18(10-19)17-5-3-4-15(7-17)12-28/h3-5,7-11,14,22,30H,6,12-13,28H2,1-2H3,(H,31,32). The van der Waals surface area contributed by atoms with Gasteiger partial charge in [-0.2, -0.15) is 4.98 Å². The Bertz CT molecular complexity index is 1170. The molecule has 34 heavy (non-hydrogen) atoms. The second-order valence-electron chi connectivity index (χ2n) is 8.17. The summed E-state index contributed by atoms with van der Waals surface area (Å²) < 4.78 is 39.6. The molecule has 0 saturated heterocycles. The van der Waals surface area contributed by atoms with Crippen molar-refractivity contribution in [3.8, 4) is 28.6 Å². The fourth-order valence-electron chi connectivity index (χ4n) is 3.32. The Morgan fingerprint density at radius 2 is 1.74 bits per heavy atom. The van der Waals surface area contributed by atoms with Crippen LogP contribution in [0.5, 0.6) is 17.5 Å². The zero-order valence-corrected chi connectivity index (χ0v) is 18.8. The first-order valence-corrected chi connectivity index (χ1v) is 10.7. The summed E-state index contributed by atoms with van der Waals surface area (Å²) in [5.41, 5.74) is 8.59. The van der Waals surface area contributed by atoms with Crippen LogP contribution >= 0.6 is 0 Å². The number of pyridine rings is 1. The first-order valence-electron chi connectivity index (χ1n) is 10.7. The zero-order chi connectivity index (χ0) is 24.8. The van der Waals surface area contributed by atoms with Gasteiger partial charge in [-0.1, -0.05) is 32.0 Å². The Morgan fingerprint density at radius 1 is 1.03 bits per heavy atom. The van der Waals surface area contributed by atoms with E-state index in [4.69, 9.17) is 15.2 Å². The summed E-state index contributed by atoms with van der Waals surface area (Å²) in [5.74, 6) is -4.72. The molecule has 9 heteroatoms. The molecule has 0 saturated carbocycles. The molecule has 0 spiro atoms. The minimum Gasteiger partial charge on any atom is -0.479 e. The number of aliphatic carboxylic acids is 1. The number of carbonyl (C=O) groups is 1. The van der Waals surface area contributed by atoms with Gasteiger partial charge in [-0.3, -0.25) is 0 Å². The van der Waals surface area contributed by atoms with Crippen molar-refractivity contribution < 1.29 is 33.3 Å². The lowest BCUT2D eigenvalue weighted by molar-refractivity contribution is -0.146. The van der Waals surface area contributed by atoms with E-state index < -0.39 is 35.5 Å². The van der Waals surface area contributed by atoms with Crippen molar-refractivity contribution in [2.45, 2.75) is 39.5 Å². The summed E-state index contributed by atoms with van der Waals surface area (Å²) in [7, 11) is 0. The zero-order valence-electron chi connectivity index (χ0n) is 18.8. The quantitative estimate of drug-likeness (QED) is 0.393. The maximum absolute atomic E-state index is 14.5. The van der Waals surface area contributed by atoms with Crippen LogP contribution in [0.4, 0.5) is 8.78 Å². The summed E-state index contributed by atoms with van der Waals surface area (Å²) in [6, 6.07) is 12.8. The summed E-state index contributed by atoms with van der Waals surface area (Å²) in [6.07, 6.45) is -1.26. The minimum atomic E-state index is -1.36. The van der Waals surface area contributed by atoms with E-state index in [-0.39, 0.29) is 24.7 Å². The van der Waals surface area contributed by atoms with Gasteiger partial charge in [0.2, 0.25) is 0 Å². The molecule has 3 aromatic rings. The molecule has 0 radical (unpaired) electrons. The van der Waals surface area contributed by atoms with Crippen LogP contribution in [-0.2, 0) is 17.9 Å². The number of halogens is 2. The van der Waals surface area contributed by atoms with E-state index in [1.807, 2.05) is 24.3 Å². The number of hydrogen-bond donors (Lipinski definition) is 3. The summed E-state index contributed by atoms with van der Waals surface area (Å²) in [4.78, 5) is 15.2. The predicted molar refractivity (Wildman–Crippen MR) is 121 cm³/mol. The number of hydrogen-bond acceptors (Lipinski definition) is 6. The van der Waals surface area contributed by atoms with Crippen molar-refractivity contribution in [1.82, 2.24) is 4.98 Å². The van der Waals surface area contributed by atoms with Crippen molar-refractivity contribution in [3.63, 3.8) is 0 Å². The van der Waals surface area contributed by atoms with Gasteiger partial charge in [-0.25, -0.2) is 13.6 Å². The lowest BCUT2D eigenvalue weighted by Gasteiger charge is -2.17. The number of ether oxygens (including phenoxy) is 2. The maximum atomic E-state index is 14.5. The van der Waals surface area contributed by atoms with Gasteiger partial charge in [0.25, 0.3) is 11.8 Å². The fourth-order valence-corrected chi connectivity index (χ4v) is 3.32. The second kappa shape index (κ2) is 11.0.